The van der Waals surface area contributed by atoms with Gasteiger partial charge in [-0.05, 0) is 31.9 Å². The van der Waals surface area contributed by atoms with Crippen molar-refractivity contribution in [3.8, 4) is 0 Å². The van der Waals surface area contributed by atoms with Crippen LogP contribution in [0, 0.1) is 13.8 Å². The topological polar surface area (TPSA) is 55.1 Å². The maximum absolute atomic E-state index is 11.6. The molecular weight excluding hydrogens is 220 g/mol. The second kappa shape index (κ2) is 6.01. The molecule has 3 N–H and O–H groups in total. The lowest BCUT2D eigenvalue weighted by atomic mass is 10.2. The quantitative estimate of drug-likeness (QED) is 0.828. The van der Waals surface area contributed by atoms with E-state index in [2.05, 4.69) is 25.2 Å². The number of carbonyl (C=O) groups is 1. The molecule has 3 nitrogen and oxygen atoms in total. The molecule has 1 aromatic heterocycles. The van der Waals surface area contributed by atoms with Crippen molar-refractivity contribution in [3.05, 3.63) is 21.4 Å². The van der Waals surface area contributed by atoms with E-state index in [9.17, 15) is 4.79 Å². The highest BCUT2D eigenvalue weighted by molar-refractivity contribution is 7.12. The van der Waals surface area contributed by atoms with Crippen LogP contribution in [-0.2, 0) is 11.3 Å². The van der Waals surface area contributed by atoms with Crippen LogP contribution < -0.4 is 11.1 Å². The standard InChI is InChI=1S/C12H20N2OS/c1-4-5-11(13)12(15)14-7-10-6-8(2)9(3)16-10/h6,11H,4-5,7,13H2,1-3H3,(H,14,15)/t11-/m0/s1. The Morgan fingerprint density at radius 2 is 2.25 bits per heavy atom. The summed E-state index contributed by atoms with van der Waals surface area (Å²) in [5.41, 5.74) is 7.00. The lowest BCUT2D eigenvalue weighted by Gasteiger charge is -2.10. The Bertz CT molecular complexity index is 340. The average molecular weight is 240 g/mol. The fourth-order valence-corrected chi connectivity index (χ4v) is 2.48. The highest BCUT2D eigenvalue weighted by atomic mass is 32.1. The van der Waals surface area contributed by atoms with Gasteiger partial charge in [0.15, 0.2) is 0 Å². The zero-order chi connectivity index (χ0) is 12.1. The number of carbonyl (C=O) groups excluding carboxylic acids is 1. The van der Waals surface area contributed by atoms with Gasteiger partial charge in [0.05, 0.1) is 12.6 Å². The maximum Gasteiger partial charge on any atom is 0.237 e. The van der Waals surface area contributed by atoms with Crippen LogP contribution in [-0.4, -0.2) is 11.9 Å². The highest BCUT2D eigenvalue weighted by Gasteiger charge is 2.12. The van der Waals surface area contributed by atoms with E-state index in [0.717, 1.165) is 12.8 Å². The molecule has 0 bridgehead atoms. The average Bonchev–Trinajstić information content (AvgIpc) is 2.55. The molecule has 0 unspecified atom stereocenters. The Hall–Kier alpha value is -0.870. The third kappa shape index (κ3) is 3.61. The van der Waals surface area contributed by atoms with E-state index in [0.29, 0.717) is 6.54 Å². The van der Waals surface area contributed by atoms with Crippen LogP contribution in [0.2, 0.25) is 0 Å². The van der Waals surface area contributed by atoms with Gasteiger partial charge in [-0.15, -0.1) is 11.3 Å². The molecule has 1 atom stereocenters. The highest BCUT2D eigenvalue weighted by Crippen LogP contribution is 2.20. The SMILES string of the molecule is CCC[C@H](N)C(=O)NCc1cc(C)c(C)s1. The lowest BCUT2D eigenvalue weighted by molar-refractivity contribution is -0.122. The minimum absolute atomic E-state index is 0.0504. The van der Waals surface area contributed by atoms with Gasteiger partial charge in [-0.1, -0.05) is 13.3 Å². The maximum atomic E-state index is 11.6. The molecule has 0 aliphatic heterocycles. The fourth-order valence-electron chi connectivity index (χ4n) is 1.48. The third-order valence-electron chi connectivity index (χ3n) is 2.59. The molecule has 1 heterocycles. The zero-order valence-electron chi connectivity index (χ0n) is 10.2. The van der Waals surface area contributed by atoms with Gasteiger partial charge in [0.1, 0.15) is 0 Å². The molecule has 4 heteroatoms. The van der Waals surface area contributed by atoms with E-state index in [-0.39, 0.29) is 11.9 Å². The predicted octanol–water partition coefficient (Wildman–Crippen LogP) is 2.11. The number of thiophene rings is 1. The van der Waals surface area contributed by atoms with Crippen molar-refractivity contribution < 1.29 is 4.79 Å². The first-order valence-corrected chi connectivity index (χ1v) is 6.45. The van der Waals surface area contributed by atoms with Gasteiger partial charge < -0.3 is 11.1 Å². The molecular formula is C12H20N2OS. The molecule has 0 spiro atoms. The van der Waals surface area contributed by atoms with Gasteiger partial charge in [0.2, 0.25) is 5.91 Å². The molecule has 90 valence electrons. The van der Waals surface area contributed by atoms with Crippen molar-refractivity contribution >= 4 is 17.2 Å². The van der Waals surface area contributed by atoms with Crippen molar-refractivity contribution in [1.29, 1.82) is 0 Å². The molecule has 0 radical (unpaired) electrons. The van der Waals surface area contributed by atoms with Gasteiger partial charge in [-0.25, -0.2) is 0 Å². The van der Waals surface area contributed by atoms with Gasteiger partial charge in [-0.2, -0.15) is 0 Å². The molecule has 0 aliphatic carbocycles. The molecule has 1 aromatic rings. The van der Waals surface area contributed by atoms with E-state index in [1.807, 2.05) is 6.92 Å². The van der Waals surface area contributed by atoms with Crippen molar-refractivity contribution in [2.75, 3.05) is 0 Å². The van der Waals surface area contributed by atoms with E-state index in [1.165, 1.54) is 15.3 Å². The van der Waals surface area contributed by atoms with Crippen LogP contribution in [0.1, 0.15) is 35.1 Å². The molecule has 0 aromatic carbocycles. The van der Waals surface area contributed by atoms with Crippen LogP contribution in [0.5, 0.6) is 0 Å². The monoisotopic (exact) mass is 240 g/mol. The first kappa shape index (κ1) is 13.2. The molecule has 16 heavy (non-hydrogen) atoms. The molecule has 0 saturated heterocycles. The number of amides is 1. The largest absolute Gasteiger partial charge is 0.350 e. The van der Waals surface area contributed by atoms with Crippen molar-refractivity contribution in [3.63, 3.8) is 0 Å². The normalized spacial score (nSPS) is 12.5. The Balaban J connectivity index is 2.42. The Morgan fingerprint density at radius 3 is 2.75 bits per heavy atom. The van der Waals surface area contributed by atoms with Crippen LogP contribution >= 0.6 is 11.3 Å². The summed E-state index contributed by atoms with van der Waals surface area (Å²) in [6.45, 7) is 6.79. The van der Waals surface area contributed by atoms with E-state index in [4.69, 9.17) is 5.73 Å². The molecule has 0 fully saturated rings. The number of hydrogen-bond donors (Lipinski definition) is 2. The van der Waals surface area contributed by atoms with Crippen molar-refractivity contribution in [2.45, 2.75) is 46.2 Å². The molecule has 1 rings (SSSR count). The number of hydrogen-bond acceptors (Lipinski definition) is 3. The Morgan fingerprint density at radius 1 is 1.56 bits per heavy atom. The first-order chi connectivity index (χ1) is 7.54. The fraction of sp³-hybridized carbons (Fsp3) is 0.583. The van der Waals surface area contributed by atoms with Crippen molar-refractivity contribution in [2.24, 2.45) is 5.73 Å². The first-order valence-electron chi connectivity index (χ1n) is 5.63. The van der Waals surface area contributed by atoms with E-state index >= 15 is 0 Å². The number of aryl methyl sites for hydroxylation is 2. The summed E-state index contributed by atoms with van der Waals surface area (Å²) in [4.78, 5) is 14.1. The van der Waals surface area contributed by atoms with Crippen molar-refractivity contribution in [1.82, 2.24) is 5.32 Å². The Labute approximate surface area is 101 Å². The van der Waals surface area contributed by atoms with Gasteiger partial charge >= 0.3 is 0 Å². The zero-order valence-corrected chi connectivity index (χ0v) is 11.0. The summed E-state index contributed by atoms with van der Waals surface area (Å²) in [5.74, 6) is -0.0504. The molecule has 0 saturated carbocycles. The Kier molecular flexibility index (Phi) is 4.96. The minimum atomic E-state index is -0.368. The van der Waals surface area contributed by atoms with E-state index < -0.39 is 0 Å². The number of rotatable bonds is 5. The second-order valence-electron chi connectivity index (χ2n) is 4.06. The van der Waals surface area contributed by atoms with Crippen LogP contribution in [0.3, 0.4) is 0 Å². The summed E-state index contributed by atoms with van der Waals surface area (Å²) < 4.78 is 0. The number of nitrogens with two attached hydrogens (primary N) is 1. The van der Waals surface area contributed by atoms with E-state index in [1.54, 1.807) is 11.3 Å². The summed E-state index contributed by atoms with van der Waals surface area (Å²) in [5, 5.41) is 2.87. The van der Waals surface area contributed by atoms with Gasteiger partial charge in [0.25, 0.3) is 0 Å². The summed E-state index contributed by atoms with van der Waals surface area (Å²) in [6, 6.07) is 1.75. The second-order valence-corrected chi connectivity index (χ2v) is 5.41. The summed E-state index contributed by atoms with van der Waals surface area (Å²) in [7, 11) is 0. The van der Waals surface area contributed by atoms with Crippen LogP contribution in [0.15, 0.2) is 6.07 Å². The third-order valence-corrected chi connectivity index (χ3v) is 3.74. The smallest absolute Gasteiger partial charge is 0.237 e. The predicted molar refractivity (Wildman–Crippen MR) is 68.5 cm³/mol. The summed E-state index contributed by atoms with van der Waals surface area (Å²) in [6.07, 6.45) is 1.68. The van der Waals surface area contributed by atoms with Gasteiger partial charge in [0, 0.05) is 9.75 Å². The van der Waals surface area contributed by atoms with Crippen LogP contribution in [0.25, 0.3) is 0 Å². The summed E-state index contributed by atoms with van der Waals surface area (Å²) >= 11 is 1.73. The molecule has 0 aliphatic rings. The lowest BCUT2D eigenvalue weighted by Crippen LogP contribution is -2.39. The minimum Gasteiger partial charge on any atom is -0.350 e. The van der Waals surface area contributed by atoms with Crippen LogP contribution in [0.4, 0.5) is 0 Å². The van der Waals surface area contributed by atoms with Gasteiger partial charge in [-0.3, -0.25) is 4.79 Å². The number of nitrogens with one attached hydrogen (secondary N) is 1. The molecule has 1 amide bonds.